The Morgan fingerprint density at radius 1 is 1.00 bits per heavy atom. The number of piperazine rings is 1. The predicted octanol–water partition coefficient (Wildman–Crippen LogP) is 0.0825. The van der Waals surface area contributed by atoms with Crippen molar-refractivity contribution in [1.82, 2.24) is 9.80 Å². The van der Waals surface area contributed by atoms with Gasteiger partial charge >= 0.3 is 0 Å². The highest BCUT2D eigenvalue weighted by Gasteiger charge is 2.14. The molecule has 1 aliphatic rings. The number of benzene rings is 1. The molecule has 1 aromatic carbocycles. The van der Waals surface area contributed by atoms with Gasteiger partial charge in [-0.2, -0.15) is 0 Å². The van der Waals surface area contributed by atoms with Gasteiger partial charge in [0.25, 0.3) is 0 Å². The van der Waals surface area contributed by atoms with Crippen molar-refractivity contribution in [1.29, 1.82) is 0 Å². The highest BCUT2D eigenvalue weighted by molar-refractivity contribution is 6.32. The van der Waals surface area contributed by atoms with E-state index < -0.39 is 0 Å². The van der Waals surface area contributed by atoms with E-state index in [2.05, 4.69) is 48.8 Å². The molecule has 0 amide bonds. The summed E-state index contributed by atoms with van der Waals surface area (Å²) in [5.74, 6) is 0. The summed E-state index contributed by atoms with van der Waals surface area (Å²) in [7, 11) is 2.14. The van der Waals surface area contributed by atoms with Gasteiger partial charge in [0.2, 0.25) is 0 Å². The van der Waals surface area contributed by atoms with Crippen molar-refractivity contribution in [2.75, 3.05) is 32.7 Å². The molecule has 2 nitrogen and oxygen atoms in total. The average molecular weight is 216 g/mol. The van der Waals surface area contributed by atoms with Crippen LogP contribution in [-0.2, 0) is 6.54 Å². The van der Waals surface area contributed by atoms with E-state index in [1.54, 1.807) is 0 Å². The smallest absolute Gasteiger partial charge is 0.139 e. The van der Waals surface area contributed by atoms with E-state index in [1.165, 1.54) is 43.8 Å². The molecule has 1 saturated heterocycles. The van der Waals surface area contributed by atoms with Crippen LogP contribution in [0.5, 0.6) is 0 Å². The zero-order chi connectivity index (χ0) is 11.4. The molecule has 3 heteroatoms. The van der Waals surface area contributed by atoms with Gasteiger partial charge in [-0.3, -0.25) is 4.90 Å². The molecule has 0 atom stereocenters. The SMILES string of the molecule is Bc1ccc(CN2CCN(CC)CC2)cc1. The normalized spacial score (nSPS) is 18.8. The quantitative estimate of drug-likeness (QED) is 0.660. The Balaban J connectivity index is 1.84. The molecule has 0 N–H and O–H groups in total. The van der Waals surface area contributed by atoms with Gasteiger partial charge in [0, 0.05) is 32.7 Å². The summed E-state index contributed by atoms with van der Waals surface area (Å²) < 4.78 is 0. The number of hydrogen-bond acceptors (Lipinski definition) is 2. The maximum Gasteiger partial charge on any atom is 0.139 e. The van der Waals surface area contributed by atoms with Crippen LogP contribution in [0.3, 0.4) is 0 Å². The van der Waals surface area contributed by atoms with Crippen LogP contribution in [0.15, 0.2) is 24.3 Å². The number of hydrogen-bond donors (Lipinski definition) is 0. The van der Waals surface area contributed by atoms with Crippen molar-refractivity contribution in [2.45, 2.75) is 13.5 Å². The molecule has 1 heterocycles. The highest BCUT2D eigenvalue weighted by Crippen LogP contribution is 2.07. The lowest BCUT2D eigenvalue weighted by Gasteiger charge is -2.34. The molecule has 1 aliphatic heterocycles. The number of rotatable bonds is 3. The molecule has 0 aliphatic carbocycles. The minimum absolute atomic E-state index is 1.11. The van der Waals surface area contributed by atoms with E-state index in [0.717, 1.165) is 6.54 Å². The summed E-state index contributed by atoms with van der Waals surface area (Å²) in [4.78, 5) is 5.07. The maximum atomic E-state index is 2.55. The van der Waals surface area contributed by atoms with Crippen molar-refractivity contribution in [2.24, 2.45) is 0 Å². The van der Waals surface area contributed by atoms with Gasteiger partial charge in [-0.25, -0.2) is 0 Å². The predicted molar refractivity (Wildman–Crippen MR) is 72.0 cm³/mol. The molecule has 1 aromatic rings. The van der Waals surface area contributed by atoms with Crippen LogP contribution in [-0.4, -0.2) is 50.4 Å². The van der Waals surface area contributed by atoms with Gasteiger partial charge in [-0.15, -0.1) is 0 Å². The van der Waals surface area contributed by atoms with Gasteiger partial charge < -0.3 is 4.90 Å². The third-order valence-electron chi connectivity index (χ3n) is 3.44. The average Bonchev–Trinajstić information content (AvgIpc) is 2.33. The molecule has 0 saturated carbocycles. The van der Waals surface area contributed by atoms with Gasteiger partial charge in [0.1, 0.15) is 7.85 Å². The highest BCUT2D eigenvalue weighted by atomic mass is 15.3. The van der Waals surface area contributed by atoms with Crippen LogP contribution in [0.1, 0.15) is 12.5 Å². The lowest BCUT2D eigenvalue weighted by Crippen LogP contribution is -2.45. The second kappa shape index (κ2) is 5.51. The summed E-state index contributed by atoms with van der Waals surface area (Å²) in [6.07, 6.45) is 0. The van der Waals surface area contributed by atoms with Gasteiger partial charge in [0.15, 0.2) is 0 Å². The topological polar surface area (TPSA) is 6.48 Å². The van der Waals surface area contributed by atoms with E-state index >= 15 is 0 Å². The van der Waals surface area contributed by atoms with Crippen molar-refractivity contribution in [3.05, 3.63) is 29.8 Å². The summed E-state index contributed by atoms with van der Waals surface area (Å²) in [5, 5.41) is 0. The second-order valence-corrected chi connectivity index (χ2v) is 4.70. The Hall–Kier alpha value is -0.795. The van der Waals surface area contributed by atoms with E-state index in [4.69, 9.17) is 0 Å². The molecule has 1 fully saturated rings. The van der Waals surface area contributed by atoms with Crippen molar-refractivity contribution in [3.8, 4) is 0 Å². The largest absolute Gasteiger partial charge is 0.301 e. The minimum atomic E-state index is 1.11. The Morgan fingerprint density at radius 3 is 2.12 bits per heavy atom. The summed E-state index contributed by atoms with van der Waals surface area (Å²) in [6, 6.07) is 8.91. The van der Waals surface area contributed by atoms with Gasteiger partial charge in [-0.1, -0.05) is 36.7 Å². The van der Waals surface area contributed by atoms with Crippen LogP contribution in [0, 0.1) is 0 Å². The first kappa shape index (κ1) is 11.7. The third-order valence-corrected chi connectivity index (χ3v) is 3.44. The molecule has 0 spiro atoms. The maximum absolute atomic E-state index is 2.55. The van der Waals surface area contributed by atoms with E-state index in [0.29, 0.717) is 0 Å². The second-order valence-electron chi connectivity index (χ2n) is 4.70. The molecular weight excluding hydrogens is 195 g/mol. The van der Waals surface area contributed by atoms with Crippen LogP contribution in [0.25, 0.3) is 0 Å². The zero-order valence-corrected chi connectivity index (χ0v) is 10.4. The Bertz CT molecular complexity index is 315. The molecule has 0 radical (unpaired) electrons. The van der Waals surface area contributed by atoms with Gasteiger partial charge in [-0.05, 0) is 12.1 Å². The third kappa shape index (κ3) is 3.10. The van der Waals surface area contributed by atoms with Crippen LogP contribution in [0.2, 0.25) is 0 Å². The molecule has 0 aromatic heterocycles. The summed E-state index contributed by atoms with van der Waals surface area (Å²) >= 11 is 0. The number of likely N-dealkylation sites (N-methyl/N-ethyl adjacent to an activating group) is 1. The lowest BCUT2D eigenvalue weighted by molar-refractivity contribution is 0.132. The Labute approximate surface area is 99.7 Å². The Morgan fingerprint density at radius 2 is 1.56 bits per heavy atom. The zero-order valence-electron chi connectivity index (χ0n) is 10.4. The fourth-order valence-electron chi connectivity index (χ4n) is 2.22. The molecule has 2 rings (SSSR count). The molecule has 0 unspecified atom stereocenters. The van der Waals surface area contributed by atoms with Crippen molar-refractivity contribution >= 4 is 13.3 Å². The summed E-state index contributed by atoms with van der Waals surface area (Å²) in [6.45, 7) is 9.42. The van der Waals surface area contributed by atoms with Gasteiger partial charge in [0.05, 0.1) is 0 Å². The molecule has 0 bridgehead atoms. The molecular formula is C13H21BN2. The minimum Gasteiger partial charge on any atom is -0.301 e. The van der Waals surface area contributed by atoms with Crippen LogP contribution < -0.4 is 5.46 Å². The van der Waals surface area contributed by atoms with E-state index in [9.17, 15) is 0 Å². The first-order valence-electron chi connectivity index (χ1n) is 6.28. The summed E-state index contributed by atoms with van der Waals surface area (Å²) in [5.41, 5.74) is 2.79. The van der Waals surface area contributed by atoms with E-state index in [1.807, 2.05) is 0 Å². The van der Waals surface area contributed by atoms with Crippen molar-refractivity contribution in [3.63, 3.8) is 0 Å². The molecule has 16 heavy (non-hydrogen) atoms. The monoisotopic (exact) mass is 216 g/mol. The first-order valence-corrected chi connectivity index (χ1v) is 6.28. The van der Waals surface area contributed by atoms with Crippen LogP contribution >= 0.6 is 0 Å². The van der Waals surface area contributed by atoms with Crippen LogP contribution in [0.4, 0.5) is 0 Å². The van der Waals surface area contributed by atoms with E-state index in [-0.39, 0.29) is 0 Å². The molecule has 86 valence electrons. The Kier molecular flexibility index (Phi) is 4.02. The van der Waals surface area contributed by atoms with Crippen molar-refractivity contribution < 1.29 is 0 Å². The first-order chi connectivity index (χ1) is 7.78. The fraction of sp³-hybridized carbons (Fsp3) is 0.538. The fourth-order valence-corrected chi connectivity index (χ4v) is 2.22. The standard InChI is InChI=1S/C13H21BN2/c1-2-15-7-9-16(10-8-15)11-12-3-5-13(14)6-4-12/h3-6H,2,7-11,14H2,1H3. The lowest BCUT2D eigenvalue weighted by atomic mass is 9.95. The number of nitrogens with zero attached hydrogens (tertiary/aromatic N) is 2.